The lowest BCUT2D eigenvalue weighted by Crippen LogP contribution is -2.30. The van der Waals surface area contributed by atoms with Crippen LogP contribution < -0.4 is 5.73 Å². The van der Waals surface area contributed by atoms with E-state index in [1.54, 1.807) is 11.0 Å². The first-order valence-electron chi connectivity index (χ1n) is 6.90. The number of aryl methyl sites for hydroxylation is 1. The van der Waals surface area contributed by atoms with Gasteiger partial charge < -0.3 is 10.6 Å². The molecule has 0 atom stereocenters. The van der Waals surface area contributed by atoms with Gasteiger partial charge >= 0.3 is 0 Å². The Balaban J connectivity index is 2.22. The fourth-order valence-corrected chi connectivity index (χ4v) is 2.57. The topological polar surface area (TPSA) is 46.3 Å². The van der Waals surface area contributed by atoms with E-state index in [1.165, 1.54) is 0 Å². The van der Waals surface area contributed by atoms with E-state index in [0.29, 0.717) is 29.4 Å². The van der Waals surface area contributed by atoms with Gasteiger partial charge in [-0.05, 0) is 55.3 Å². The van der Waals surface area contributed by atoms with Crippen molar-refractivity contribution in [3.63, 3.8) is 0 Å². The number of carbonyl (C=O) groups excluding carboxylic acids is 1. The second kappa shape index (κ2) is 6.64. The van der Waals surface area contributed by atoms with Gasteiger partial charge in [0.1, 0.15) is 0 Å². The van der Waals surface area contributed by atoms with Gasteiger partial charge in [0.15, 0.2) is 0 Å². The first kappa shape index (κ1) is 15.4. The third kappa shape index (κ3) is 3.99. The Kier molecular flexibility index (Phi) is 4.86. The number of halogens is 1. The van der Waals surface area contributed by atoms with Crippen LogP contribution >= 0.6 is 11.6 Å². The van der Waals surface area contributed by atoms with Crippen molar-refractivity contribution >= 4 is 23.2 Å². The number of nitrogen functional groups attached to an aromatic ring is 1. The zero-order valence-electron chi connectivity index (χ0n) is 12.3. The molecule has 2 rings (SSSR count). The van der Waals surface area contributed by atoms with E-state index in [9.17, 15) is 4.79 Å². The molecule has 1 amide bonds. The number of benzene rings is 2. The van der Waals surface area contributed by atoms with E-state index >= 15 is 0 Å². The molecule has 0 fully saturated rings. The minimum Gasteiger partial charge on any atom is -0.399 e. The summed E-state index contributed by atoms with van der Waals surface area (Å²) in [5.41, 5.74) is 9.10. The summed E-state index contributed by atoms with van der Waals surface area (Å²) < 4.78 is 0. The molecule has 0 aliphatic rings. The van der Waals surface area contributed by atoms with Gasteiger partial charge in [0.2, 0.25) is 0 Å². The quantitative estimate of drug-likeness (QED) is 0.871. The lowest BCUT2D eigenvalue weighted by molar-refractivity contribution is 0.0752. The van der Waals surface area contributed by atoms with E-state index in [1.807, 2.05) is 50.2 Å². The Labute approximate surface area is 130 Å². The van der Waals surface area contributed by atoms with Crippen LogP contribution in [0, 0.1) is 6.92 Å². The van der Waals surface area contributed by atoms with Crippen LogP contribution in [0.5, 0.6) is 0 Å². The van der Waals surface area contributed by atoms with Crippen LogP contribution in [0.2, 0.25) is 5.02 Å². The second-order valence-electron chi connectivity index (χ2n) is 5.08. The first-order chi connectivity index (χ1) is 9.99. The number of rotatable bonds is 4. The zero-order valence-corrected chi connectivity index (χ0v) is 13.0. The molecule has 0 aliphatic carbocycles. The van der Waals surface area contributed by atoms with E-state index in [-0.39, 0.29) is 5.91 Å². The van der Waals surface area contributed by atoms with Gasteiger partial charge in [0, 0.05) is 29.4 Å². The monoisotopic (exact) mass is 302 g/mol. The fraction of sp³-hybridized carbons (Fsp3) is 0.235. The Hall–Kier alpha value is -2.00. The molecule has 2 N–H and O–H groups in total. The summed E-state index contributed by atoms with van der Waals surface area (Å²) >= 11 is 6.04. The molecule has 3 nitrogen and oxygen atoms in total. The highest BCUT2D eigenvalue weighted by molar-refractivity contribution is 6.31. The summed E-state index contributed by atoms with van der Waals surface area (Å²) in [4.78, 5) is 14.4. The molecule has 0 heterocycles. The van der Waals surface area contributed by atoms with Gasteiger partial charge in [-0.15, -0.1) is 0 Å². The number of carbonyl (C=O) groups is 1. The van der Waals surface area contributed by atoms with Crippen molar-refractivity contribution in [1.29, 1.82) is 0 Å². The highest BCUT2D eigenvalue weighted by Crippen LogP contribution is 2.18. The molecular formula is C17H19ClN2O. The SMILES string of the molecule is CCN(Cc1cccc(N)c1)C(=O)c1cc(C)cc(Cl)c1. The number of hydrogen-bond donors (Lipinski definition) is 1. The summed E-state index contributed by atoms with van der Waals surface area (Å²) in [6.45, 7) is 5.05. The Bertz CT molecular complexity index is 635. The fourth-order valence-electron chi connectivity index (χ4n) is 2.28. The van der Waals surface area contributed by atoms with Crippen molar-refractivity contribution in [2.24, 2.45) is 0 Å². The molecule has 2 aromatic rings. The molecule has 0 saturated heterocycles. The standard InChI is InChI=1S/C17H19ClN2O/c1-3-20(11-13-5-4-6-16(19)9-13)17(21)14-7-12(2)8-15(18)10-14/h4-10H,3,11,19H2,1-2H3. The molecule has 0 radical (unpaired) electrons. The van der Waals surface area contributed by atoms with E-state index in [2.05, 4.69) is 0 Å². The van der Waals surface area contributed by atoms with Crippen LogP contribution in [-0.2, 0) is 6.54 Å². The van der Waals surface area contributed by atoms with Crippen molar-refractivity contribution in [2.45, 2.75) is 20.4 Å². The van der Waals surface area contributed by atoms with Crippen molar-refractivity contribution in [3.05, 3.63) is 64.2 Å². The number of anilines is 1. The largest absolute Gasteiger partial charge is 0.399 e. The summed E-state index contributed by atoms with van der Waals surface area (Å²) in [5, 5.41) is 0.582. The van der Waals surface area contributed by atoms with Crippen LogP contribution in [-0.4, -0.2) is 17.4 Å². The summed E-state index contributed by atoms with van der Waals surface area (Å²) in [6.07, 6.45) is 0. The predicted molar refractivity (Wildman–Crippen MR) is 87.5 cm³/mol. The highest BCUT2D eigenvalue weighted by atomic mass is 35.5. The molecule has 0 spiro atoms. The van der Waals surface area contributed by atoms with Crippen LogP contribution in [0.15, 0.2) is 42.5 Å². The molecule has 4 heteroatoms. The molecule has 0 unspecified atom stereocenters. The van der Waals surface area contributed by atoms with Gasteiger partial charge in [0.05, 0.1) is 0 Å². The Morgan fingerprint density at radius 1 is 1.24 bits per heavy atom. The minimum absolute atomic E-state index is 0.0227. The molecule has 21 heavy (non-hydrogen) atoms. The van der Waals surface area contributed by atoms with Gasteiger partial charge in [-0.25, -0.2) is 0 Å². The third-order valence-electron chi connectivity index (χ3n) is 3.28. The maximum Gasteiger partial charge on any atom is 0.254 e. The molecule has 110 valence electrons. The molecule has 2 aromatic carbocycles. The van der Waals surface area contributed by atoms with Crippen molar-refractivity contribution < 1.29 is 4.79 Å². The first-order valence-corrected chi connectivity index (χ1v) is 7.28. The number of hydrogen-bond acceptors (Lipinski definition) is 2. The van der Waals surface area contributed by atoms with Gasteiger partial charge in [-0.1, -0.05) is 23.7 Å². The molecule has 0 bridgehead atoms. The number of nitrogens with zero attached hydrogens (tertiary/aromatic N) is 1. The van der Waals surface area contributed by atoms with Crippen LogP contribution in [0.3, 0.4) is 0 Å². The average molecular weight is 303 g/mol. The third-order valence-corrected chi connectivity index (χ3v) is 3.50. The number of nitrogens with two attached hydrogens (primary N) is 1. The number of amides is 1. The van der Waals surface area contributed by atoms with Crippen molar-refractivity contribution in [2.75, 3.05) is 12.3 Å². The van der Waals surface area contributed by atoms with Gasteiger partial charge in [-0.3, -0.25) is 4.79 Å². The molecule has 0 saturated carbocycles. The van der Waals surface area contributed by atoms with E-state index < -0.39 is 0 Å². The lowest BCUT2D eigenvalue weighted by Gasteiger charge is -2.21. The maximum atomic E-state index is 12.6. The lowest BCUT2D eigenvalue weighted by atomic mass is 10.1. The second-order valence-corrected chi connectivity index (χ2v) is 5.52. The van der Waals surface area contributed by atoms with Gasteiger partial charge in [-0.2, -0.15) is 0 Å². The van der Waals surface area contributed by atoms with E-state index in [0.717, 1.165) is 11.1 Å². The van der Waals surface area contributed by atoms with Crippen molar-refractivity contribution in [1.82, 2.24) is 4.90 Å². The Morgan fingerprint density at radius 2 is 2.00 bits per heavy atom. The van der Waals surface area contributed by atoms with Gasteiger partial charge in [0.25, 0.3) is 5.91 Å². The minimum atomic E-state index is -0.0227. The zero-order chi connectivity index (χ0) is 15.4. The normalized spacial score (nSPS) is 10.4. The summed E-state index contributed by atoms with van der Waals surface area (Å²) in [5.74, 6) is -0.0227. The predicted octanol–water partition coefficient (Wildman–Crippen LogP) is 3.89. The molecule has 0 aromatic heterocycles. The summed E-state index contributed by atoms with van der Waals surface area (Å²) in [6, 6.07) is 13.0. The highest BCUT2D eigenvalue weighted by Gasteiger charge is 2.15. The van der Waals surface area contributed by atoms with Crippen LogP contribution in [0.1, 0.15) is 28.4 Å². The van der Waals surface area contributed by atoms with Crippen LogP contribution in [0.25, 0.3) is 0 Å². The maximum absolute atomic E-state index is 12.6. The average Bonchev–Trinajstić information content (AvgIpc) is 2.43. The van der Waals surface area contributed by atoms with Crippen LogP contribution in [0.4, 0.5) is 5.69 Å². The summed E-state index contributed by atoms with van der Waals surface area (Å²) in [7, 11) is 0. The molecular weight excluding hydrogens is 284 g/mol. The van der Waals surface area contributed by atoms with E-state index in [4.69, 9.17) is 17.3 Å². The molecule has 0 aliphatic heterocycles. The van der Waals surface area contributed by atoms with Crippen molar-refractivity contribution in [3.8, 4) is 0 Å². The smallest absolute Gasteiger partial charge is 0.254 e. The Morgan fingerprint density at radius 3 is 2.62 bits per heavy atom.